The molecule has 0 bridgehead atoms. The van der Waals surface area contributed by atoms with Gasteiger partial charge in [0.15, 0.2) is 5.76 Å². The largest absolute Gasteiger partial charge is 0.455 e. The summed E-state index contributed by atoms with van der Waals surface area (Å²) in [4.78, 5) is 28.0. The lowest BCUT2D eigenvalue weighted by Crippen LogP contribution is -2.42. The molecule has 0 saturated carbocycles. The molecule has 2 heterocycles. The Kier molecular flexibility index (Phi) is 6.19. The first-order chi connectivity index (χ1) is 16.8. The number of nitrogens with zero attached hydrogens (tertiary/aromatic N) is 2. The Morgan fingerprint density at radius 2 is 1.97 bits per heavy atom. The van der Waals surface area contributed by atoms with Crippen LogP contribution in [0, 0.1) is 12.7 Å². The van der Waals surface area contributed by atoms with Gasteiger partial charge in [-0.3, -0.25) is 9.59 Å². The van der Waals surface area contributed by atoms with Gasteiger partial charge in [-0.15, -0.1) is 0 Å². The van der Waals surface area contributed by atoms with E-state index < -0.39 is 5.91 Å². The number of hydrogen-bond acceptors (Lipinski definition) is 4. The fraction of sp³-hybridized carbons (Fsp3) is 0.296. The Morgan fingerprint density at radius 1 is 1.17 bits per heavy atom. The number of amides is 2. The van der Waals surface area contributed by atoms with Gasteiger partial charge in [0.25, 0.3) is 11.8 Å². The van der Waals surface area contributed by atoms with Crippen molar-refractivity contribution in [1.82, 2.24) is 5.43 Å². The molecule has 1 unspecified atom stereocenters. The van der Waals surface area contributed by atoms with E-state index >= 15 is 0 Å². The van der Waals surface area contributed by atoms with Gasteiger partial charge in [-0.05, 0) is 75.4 Å². The number of furan rings is 1. The standard InChI is InChI=1S/C27H25ClFN3O3/c1-15-10-11-17-14-18(29)12-13-22(17)32(15)27(34)25-16(2)24-21(8-5-9-23(24)35-25)30-31-26(33)19-6-3-4-7-20(19)28/h3-4,6-7,12-15H,5,8-11H2,1-2H3,(H,31,33)/b30-21+. The predicted molar refractivity (Wildman–Crippen MR) is 133 cm³/mol. The normalized spacial score (nSPS) is 18.2. The molecule has 1 aliphatic carbocycles. The number of nitrogens with one attached hydrogen (secondary N) is 1. The Morgan fingerprint density at radius 3 is 2.77 bits per heavy atom. The first-order valence-corrected chi connectivity index (χ1v) is 12.1. The molecule has 180 valence electrons. The molecule has 1 atom stereocenters. The van der Waals surface area contributed by atoms with E-state index in [9.17, 15) is 14.0 Å². The number of halogens is 2. The lowest BCUT2D eigenvalue weighted by molar-refractivity contribution is 0.0941. The quantitative estimate of drug-likeness (QED) is 0.466. The van der Waals surface area contributed by atoms with Crippen LogP contribution < -0.4 is 10.3 Å². The van der Waals surface area contributed by atoms with Crippen LogP contribution in [0.5, 0.6) is 0 Å². The van der Waals surface area contributed by atoms with Gasteiger partial charge in [0.2, 0.25) is 0 Å². The SMILES string of the molecule is Cc1c(C(=O)N2c3ccc(F)cc3CCC2C)oc2c1/C(=N/NC(=O)c1ccccc1Cl)CCC2. The molecule has 2 aliphatic rings. The molecule has 5 rings (SSSR count). The minimum atomic E-state index is -0.404. The van der Waals surface area contributed by atoms with E-state index in [-0.39, 0.29) is 23.5 Å². The maximum absolute atomic E-state index is 13.8. The van der Waals surface area contributed by atoms with Crippen molar-refractivity contribution < 1.29 is 18.4 Å². The third kappa shape index (κ3) is 4.25. The number of rotatable bonds is 3. The number of hydrogen-bond donors (Lipinski definition) is 1. The zero-order valence-corrected chi connectivity index (χ0v) is 20.3. The molecule has 1 aromatic heterocycles. The van der Waals surface area contributed by atoms with Crippen molar-refractivity contribution in [2.75, 3.05) is 4.90 Å². The fourth-order valence-electron chi connectivity index (χ4n) is 4.95. The molecule has 0 saturated heterocycles. The highest BCUT2D eigenvalue weighted by Crippen LogP contribution is 2.36. The maximum atomic E-state index is 13.8. The highest BCUT2D eigenvalue weighted by molar-refractivity contribution is 6.33. The number of carbonyl (C=O) groups excluding carboxylic acids is 2. The summed E-state index contributed by atoms with van der Waals surface area (Å²) in [5.41, 5.74) is 6.59. The first-order valence-electron chi connectivity index (χ1n) is 11.7. The van der Waals surface area contributed by atoms with Crippen LogP contribution in [-0.4, -0.2) is 23.6 Å². The first kappa shape index (κ1) is 23.3. The Labute approximate surface area is 207 Å². The predicted octanol–water partition coefficient (Wildman–Crippen LogP) is 5.83. The molecular weight excluding hydrogens is 469 g/mol. The smallest absolute Gasteiger partial charge is 0.294 e. The lowest BCUT2D eigenvalue weighted by Gasteiger charge is -2.34. The molecule has 35 heavy (non-hydrogen) atoms. The zero-order valence-electron chi connectivity index (χ0n) is 19.5. The number of benzene rings is 2. The molecular formula is C27H25ClFN3O3. The van der Waals surface area contributed by atoms with Gasteiger partial charge in [0.05, 0.1) is 16.3 Å². The van der Waals surface area contributed by atoms with Gasteiger partial charge in [0, 0.05) is 29.3 Å². The van der Waals surface area contributed by atoms with E-state index in [0.29, 0.717) is 52.6 Å². The van der Waals surface area contributed by atoms with Crippen LogP contribution in [0.1, 0.15) is 69.5 Å². The van der Waals surface area contributed by atoms with Gasteiger partial charge in [-0.1, -0.05) is 23.7 Å². The summed E-state index contributed by atoms with van der Waals surface area (Å²) in [7, 11) is 0. The van der Waals surface area contributed by atoms with Crippen molar-refractivity contribution >= 4 is 34.8 Å². The van der Waals surface area contributed by atoms with E-state index in [4.69, 9.17) is 16.0 Å². The van der Waals surface area contributed by atoms with Crippen molar-refractivity contribution in [1.29, 1.82) is 0 Å². The number of hydrazone groups is 1. The summed E-state index contributed by atoms with van der Waals surface area (Å²) in [5, 5.41) is 4.73. The van der Waals surface area contributed by atoms with Crippen LogP contribution in [0.15, 0.2) is 52.0 Å². The zero-order chi connectivity index (χ0) is 24.7. The highest BCUT2D eigenvalue weighted by atomic mass is 35.5. The van der Waals surface area contributed by atoms with Gasteiger partial charge in [-0.2, -0.15) is 5.10 Å². The molecule has 3 aromatic rings. The molecule has 0 spiro atoms. The third-order valence-corrected chi connectivity index (χ3v) is 7.05. The Bertz CT molecular complexity index is 1360. The third-order valence-electron chi connectivity index (χ3n) is 6.72. The molecule has 2 aromatic carbocycles. The van der Waals surface area contributed by atoms with Crippen molar-refractivity contribution in [3.05, 3.63) is 87.1 Å². The van der Waals surface area contributed by atoms with Crippen LogP contribution in [-0.2, 0) is 12.8 Å². The average Bonchev–Trinajstić information content (AvgIpc) is 3.19. The number of aryl methyl sites for hydroxylation is 2. The second-order valence-corrected chi connectivity index (χ2v) is 9.43. The maximum Gasteiger partial charge on any atom is 0.294 e. The van der Waals surface area contributed by atoms with Crippen molar-refractivity contribution in [2.45, 2.75) is 52.0 Å². The van der Waals surface area contributed by atoms with Gasteiger partial charge >= 0.3 is 0 Å². The summed E-state index contributed by atoms with van der Waals surface area (Å²) < 4.78 is 19.9. The van der Waals surface area contributed by atoms with Crippen molar-refractivity contribution in [3.63, 3.8) is 0 Å². The summed E-state index contributed by atoms with van der Waals surface area (Å²) in [5.74, 6) is -0.0250. The van der Waals surface area contributed by atoms with Crippen molar-refractivity contribution in [2.24, 2.45) is 5.10 Å². The fourth-order valence-corrected chi connectivity index (χ4v) is 5.17. The van der Waals surface area contributed by atoms with E-state index in [1.54, 1.807) is 35.2 Å². The number of carbonyl (C=O) groups is 2. The summed E-state index contributed by atoms with van der Waals surface area (Å²) in [6, 6.07) is 11.3. The number of fused-ring (bicyclic) bond motifs is 2. The van der Waals surface area contributed by atoms with Crippen LogP contribution >= 0.6 is 11.6 Å². The molecule has 8 heteroatoms. The summed E-state index contributed by atoms with van der Waals surface area (Å²) >= 11 is 6.13. The minimum absolute atomic E-state index is 0.0509. The average molecular weight is 494 g/mol. The van der Waals surface area contributed by atoms with Crippen LogP contribution in [0.25, 0.3) is 0 Å². The highest BCUT2D eigenvalue weighted by Gasteiger charge is 2.35. The monoisotopic (exact) mass is 493 g/mol. The Balaban J connectivity index is 1.46. The van der Waals surface area contributed by atoms with E-state index in [1.165, 1.54) is 12.1 Å². The Hall–Kier alpha value is -3.45. The van der Waals surface area contributed by atoms with Crippen LogP contribution in [0.3, 0.4) is 0 Å². The second-order valence-electron chi connectivity index (χ2n) is 9.02. The molecule has 0 fully saturated rings. The molecule has 6 nitrogen and oxygen atoms in total. The van der Waals surface area contributed by atoms with Crippen LogP contribution in [0.2, 0.25) is 5.02 Å². The van der Waals surface area contributed by atoms with E-state index in [1.807, 2.05) is 13.8 Å². The summed E-state index contributed by atoms with van der Waals surface area (Å²) in [6.45, 7) is 3.83. The van der Waals surface area contributed by atoms with Crippen LogP contribution in [0.4, 0.5) is 10.1 Å². The minimum Gasteiger partial charge on any atom is -0.455 e. The molecule has 1 aliphatic heterocycles. The molecule has 0 radical (unpaired) electrons. The second kappa shape index (κ2) is 9.30. The lowest BCUT2D eigenvalue weighted by atomic mass is 9.92. The number of anilines is 1. The van der Waals surface area contributed by atoms with E-state index in [2.05, 4.69) is 10.5 Å². The summed E-state index contributed by atoms with van der Waals surface area (Å²) in [6.07, 6.45) is 3.57. The van der Waals surface area contributed by atoms with Gasteiger partial charge < -0.3 is 9.32 Å². The van der Waals surface area contributed by atoms with Crippen molar-refractivity contribution in [3.8, 4) is 0 Å². The molecule has 1 N–H and O–H groups in total. The topological polar surface area (TPSA) is 74.9 Å². The van der Waals surface area contributed by atoms with Gasteiger partial charge in [0.1, 0.15) is 11.6 Å². The molecule has 2 amide bonds. The van der Waals surface area contributed by atoms with Gasteiger partial charge in [-0.25, -0.2) is 9.82 Å². The van der Waals surface area contributed by atoms with E-state index in [0.717, 1.165) is 24.0 Å².